The van der Waals surface area contributed by atoms with Crippen LogP contribution in [0.4, 0.5) is 0 Å². The summed E-state index contributed by atoms with van der Waals surface area (Å²) in [5, 5.41) is 8.62. The van der Waals surface area contributed by atoms with E-state index in [4.69, 9.17) is 5.11 Å². The minimum atomic E-state index is -3.44. The average Bonchev–Trinajstić information content (AvgIpc) is 2.12. The molecule has 6 nitrogen and oxygen atoms in total. The van der Waals surface area contributed by atoms with Gasteiger partial charge < -0.3 is 10.0 Å². The number of rotatable bonds is 8. The molecule has 112 valence electrons. The van der Waals surface area contributed by atoms with Crippen LogP contribution in [0, 0.1) is 5.92 Å². The molecular weight excluding hydrogens is 270 g/mol. The first-order chi connectivity index (χ1) is 8.55. The number of hydrogen-bond donors (Lipinski definition) is 1. The van der Waals surface area contributed by atoms with E-state index >= 15 is 0 Å². The van der Waals surface area contributed by atoms with E-state index < -0.39 is 27.5 Å². The number of carboxylic acid groups (broad SMARTS) is 1. The van der Waals surface area contributed by atoms with Crippen molar-refractivity contribution in [2.75, 3.05) is 18.1 Å². The Balaban J connectivity index is 4.69. The molecule has 0 aromatic heterocycles. The van der Waals surface area contributed by atoms with Gasteiger partial charge in [0.25, 0.3) is 0 Å². The van der Waals surface area contributed by atoms with Crippen LogP contribution in [0.1, 0.15) is 34.1 Å². The summed E-state index contributed by atoms with van der Waals surface area (Å²) in [6.07, 6.45) is -0.186. The Labute approximate surface area is 114 Å². The molecule has 0 bridgehead atoms. The smallest absolute Gasteiger partial charge is 0.305 e. The predicted octanol–water partition coefficient (Wildman–Crippen LogP) is 0.769. The van der Waals surface area contributed by atoms with Crippen molar-refractivity contribution < 1.29 is 23.1 Å². The van der Waals surface area contributed by atoms with E-state index in [1.807, 2.05) is 0 Å². The third-order valence-electron chi connectivity index (χ3n) is 2.44. The summed E-state index contributed by atoms with van der Waals surface area (Å²) in [5.74, 6) is -2.17. The number of aliphatic carboxylic acids is 1. The summed E-state index contributed by atoms with van der Waals surface area (Å²) >= 11 is 0. The van der Waals surface area contributed by atoms with Gasteiger partial charge in [0.2, 0.25) is 5.91 Å². The minimum absolute atomic E-state index is 0.0308. The second-order valence-electron chi connectivity index (χ2n) is 5.27. The normalized spacial score (nSPS) is 11.9. The second kappa shape index (κ2) is 7.47. The van der Waals surface area contributed by atoms with Crippen LogP contribution >= 0.6 is 0 Å². The maximum absolute atomic E-state index is 11.9. The van der Waals surface area contributed by atoms with Crippen LogP contribution in [-0.2, 0) is 19.4 Å². The van der Waals surface area contributed by atoms with Gasteiger partial charge in [-0.15, -0.1) is 0 Å². The lowest BCUT2D eigenvalue weighted by atomic mass is 10.3. The molecule has 0 fully saturated rings. The van der Waals surface area contributed by atoms with Crippen LogP contribution in [0.3, 0.4) is 0 Å². The highest BCUT2D eigenvalue weighted by atomic mass is 32.2. The molecule has 0 atom stereocenters. The Morgan fingerprint density at radius 1 is 1.16 bits per heavy atom. The van der Waals surface area contributed by atoms with Gasteiger partial charge in [0.15, 0.2) is 9.84 Å². The zero-order valence-electron chi connectivity index (χ0n) is 11.9. The second-order valence-corrected chi connectivity index (χ2v) is 7.38. The lowest BCUT2D eigenvalue weighted by Gasteiger charge is -2.26. The summed E-state index contributed by atoms with van der Waals surface area (Å²) in [5.41, 5.74) is 0. The first kappa shape index (κ1) is 17.9. The van der Waals surface area contributed by atoms with E-state index in [1.165, 1.54) is 4.90 Å². The number of carbonyl (C=O) groups is 2. The fraction of sp³-hybridized carbons (Fsp3) is 0.833. The number of nitrogens with zero attached hydrogens (tertiary/aromatic N) is 1. The Hall–Kier alpha value is -1.11. The first-order valence-electron chi connectivity index (χ1n) is 6.27. The van der Waals surface area contributed by atoms with Crippen LogP contribution in [0.25, 0.3) is 0 Å². The van der Waals surface area contributed by atoms with Crippen molar-refractivity contribution in [1.29, 1.82) is 0 Å². The lowest BCUT2D eigenvalue weighted by molar-refractivity contribution is -0.138. The van der Waals surface area contributed by atoms with Gasteiger partial charge in [0.05, 0.1) is 12.2 Å². The van der Waals surface area contributed by atoms with Crippen molar-refractivity contribution in [2.24, 2.45) is 5.92 Å². The van der Waals surface area contributed by atoms with Gasteiger partial charge >= 0.3 is 5.97 Å². The fourth-order valence-electron chi connectivity index (χ4n) is 1.72. The standard InChI is InChI=1S/C12H23NO5S/c1-9(2)7-19(17,18)8-11(14)13(10(3)4)6-5-12(15)16/h9-10H,5-8H2,1-4H3,(H,15,16). The average molecular weight is 293 g/mol. The maximum Gasteiger partial charge on any atom is 0.305 e. The van der Waals surface area contributed by atoms with Crippen molar-refractivity contribution in [3.05, 3.63) is 0 Å². The van der Waals surface area contributed by atoms with Gasteiger partial charge in [-0.1, -0.05) is 13.8 Å². The highest BCUT2D eigenvalue weighted by molar-refractivity contribution is 7.92. The molecule has 0 saturated heterocycles. The molecule has 0 aromatic rings. The van der Waals surface area contributed by atoms with Crippen LogP contribution in [-0.4, -0.2) is 54.4 Å². The molecule has 1 amide bonds. The molecule has 0 saturated carbocycles. The van der Waals surface area contributed by atoms with Crippen molar-refractivity contribution in [2.45, 2.75) is 40.2 Å². The lowest BCUT2D eigenvalue weighted by Crippen LogP contribution is -2.42. The van der Waals surface area contributed by atoms with E-state index in [0.717, 1.165) is 0 Å². The van der Waals surface area contributed by atoms with Crippen LogP contribution in [0.5, 0.6) is 0 Å². The van der Waals surface area contributed by atoms with E-state index in [-0.39, 0.29) is 30.7 Å². The molecule has 7 heteroatoms. The third kappa shape index (κ3) is 7.81. The maximum atomic E-state index is 11.9. The summed E-state index contributed by atoms with van der Waals surface area (Å²) in [6, 6.07) is -0.221. The molecule has 0 aromatic carbocycles. The zero-order valence-corrected chi connectivity index (χ0v) is 12.7. The van der Waals surface area contributed by atoms with E-state index in [9.17, 15) is 18.0 Å². The predicted molar refractivity (Wildman–Crippen MR) is 72.6 cm³/mol. The zero-order chi connectivity index (χ0) is 15.2. The van der Waals surface area contributed by atoms with Crippen molar-refractivity contribution in [3.63, 3.8) is 0 Å². The van der Waals surface area contributed by atoms with Crippen LogP contribution in [0.15, 0.2) is 0 Å². The summed E-state index contributed by atoms with van der Waals surface area (Å²) in [6.45, 7) is 7.03. The monoisotopic (exact) mass is 293 g/mol. The van der Waals surface area contributed by atoms with Crippen LogP contribution in [0.2, 0.25) is 0 Å². The molecule has 1 N–H and O–H groups in total. The van der Waals surface area contributed by atoms with E-state index in [2.05, 4.69) is 0 Å². The summed E-state index contributed by atoms with van der Waals surface area (Å²) in [4.78, 5) is 23.8. The van der Waals surface area contributed by atoms with Crippen LogP contribution < -0.4 is 0 Å². The van der Waals surface area contributed by atoms with Gasteiger partial charge in [-0.25, -0.2) is 8.42 Å². The Kier molecular flexibility index (Phi) is 7.04. The highest BCUT2D eigenvalue weighted by Crippen LogP contribution is 2.06. The molecule has 0 aliphatic carbocycles. The topological polar surface area (TPSA) is 91.8 Å². The molecule has 0 heterocycles. The number of sulfone groups is 1. The largest absolute Gasteiger partial charge is 0.481 e. The van der Waals surface area contributed by atoms with E-state index in [1.54, 1.807) is 27.7 Å². The molecule has 0 aliphatic rings. The molecule has 0 spiro atoms. The number of carboxylic acids is 1. The van der Waals surface area contributed by atoms with Gasteiger partial charge in [-0.05, 0) is 19.8 Å². The fourth-order valence-corrected chi connectivity index (χ4v) is 3.40. The minimum Gasteiger partial charge on any atom is -0.481 e. The Bertz CT molecular complexity index is 414. The third-order valence-corrected chi connectivity index (χ3v) is 4.30. The number of amides is 1. The van der Waals surface area contributed by atoms with E-state index in [0.29, 0.717) is 0 Å². The molecular formula is C12H23NO5S. The van der Waals surface area contributed by atoms with Gasteiger partial charge in [0, 0.05) is 12.6 Å². The quantitative estimate of drug-likeness (QED) is 0.713. The first-order valence-corrected chi connectivity index (χ1v) is 8.09. The van der Waals surface area contributed by atoms with Gasteiger partial charge in [-0.2, -0.15) is 0 Å². The molecule has 0 rings (SSSR count). The summed E-state index contributed by atoms with van der Waals surface area (Å²) < 4.78 is 23.5. The molecule has 0 radical (unpaired) electrons. The Morgan fingerprint density at radius 2 is 1.68 bits per heavy atom. The van der Waals surface area contributed by atoms with Crippen molar-refractivity contribution >= 4 is 21.7 Å². The van der Waals surface area contributed by atoms with Crippen molar-refractivity contribution in [1.82, 2.24) is 4.90 Å². The number of carbonyl (C=O) groups excluding carboxylic acids is 1. The molecule has 0 unspecified atom stereocenters. The number of hydrogen-bond acceptors (Lipinski definition) is 4. The molecule has 19 heavy (non-hydrogen) atoms. The summed E-state index contributed by atoms with van der Waals surface area (Å²) in [7, 11) is -3.44. The van der Waals surface area contributed by atoms with Gasteiger partial charge in [0.1, 0.15) is 5.75 Å². The highest BCUT2D eigenvalue weighted by Gasteiger charge is 2.24. The SMILES string of the molecule is CC(C)CS(=O)(=O)CC(=O)N(CCC(=O)O)C(C)C. The van der Waals surface area contributed by atoms with Crippen molar-refractivity contribution in [3.8, 4) is 0 Å². The molecule has 0 aliphatic heterocycles. The van der Waals surface area contributed by atoms with Gasteiger partial charge in [-0.3, -0.25) is 9.59 Å². The Morgan fingerprint density at radius 3 is 2.05 bits per heavy atom.